The van der Waals surface area contributed by atoms with Crippen molar-refractivity contribution in [2.45, 2.75) is 18.2 Å². The summed E-state index contributed by atoms with van der Waals surface area (Å²) in [7, 11) is -3.85. The van der Waals surface area contributed by atoms with Gasteiger partial charge in [0.25, 0.3) is 0 Å². The molecular formula is C22H23FN4O2S. The van der Waals surface area contributed by atoms with Crippen LogP contribution < -0.4 is 4.90 Å². The number of sulfonamides is 1. The number of aromatic nitrogens is 2. The van der Waals surface area contributed by atoms with Crippen molar-refractivity contribution >= 4 is 15.8 Å². The minimum Gasteiger partial charge on any atom is -0.352 e. The predicted molar refractivity (Wildman–Crippen MR) is 114 cm³/mol. The first-order valence-corrected chi connectivity index (χ1v) is 11.4. The third-order valence-electron chi connectivity index (χ3n) is 5.33. The molecule has 0 amide bonds. The van der Waals surface area contributed by atoms with Gasteiger partial charge in [0.2, 0.25) is 10.0 Å². The summed E-state index contributed by atoms with van der Waals surface area (Å²) in [6.07, 6.45) is 0.990. The molecule has 0 radical (unpaired) electrons. The number of aryl methyl sites for hydroxylation is 1. The van der Waals surface area contributed by atoms with Crippen LogP contribution in [-0.4, -0.2) is 49.1 Å². The van der Waals surface area contributed by atoms with Crippen molar-refractivity contribution in [3.8, 4) is 11.3 Å². The molecule has 1 fully saturated rings. The van der Waals surface area contributed by atoms with Gasteiger partial charge in [-0.2, -0.15) is 4.31 Å². The summed E-state index contributed by atoms with van der Waals surface area (Å²) in [4.78, 5) is 1.71. The Bertz CT molecular complexity index is 1110. The Morgan fingerprint density at radius 2 is 1.60 bits per heavy atom. The first kappa shape index (κ1) is 20.4. The molecule has 1 aromatic heterocycles. The van der Waals surface area contributed by atoms with Crippen molar-refractivity contribution in [1.29, 1.82) is 0 Å². The minimum atomic E-state index is -3.85. The number of rotatable bonds is 5. The number of hydrogen-bond donors (Lipinski definition) is 0. The summed E-state index contributed by atoms with van der Waals surface area (Å²) < 4.78 is 40.8. The smallest absolute Gasteiger partial charge is 0.246 e. The van der Waals surface area contributed by atoms with Crippen LogP contribution in [0, 0.1) is 5.82 Å². The van der Waals surface area contributed by atoms with Crippen LogP contribution in [0.5, 0.6) is 0 Å². The molecular weight excluding hydrogens is 403 g/mol. The van der Waals surface area contributed by atoms with Crippen LogP contribution in [0.25, 0.3) is 11.3 Å². The van der Waals surface area contributed by atoms with Gasteiger partial charge in [0.15, 0.2) is 5.82 Å². The fourth-order valence-corrected chi connectivity index (χ4v) is 5.00. The summed E-state index contributed by atoms with van der Waals surface area (Å²) in [6, 6.07) is 17.5. The van der Waals surface area contributed by atoms with Crippen LogP contribution >= 0.6 is 0 Å². The zero-order valence-corrected chi connectivity index (χ0v) is 17.5. The second-order valence-electron chi connectivity index (χ2n) is 7.15. The SMILES string of the molecule is CCc1ccc(-c2ccc(N3CCN(S(=O)(=O)c4ccccc4F)CC3)nn2)cc1. The van der Waals surface area contributed by atoms with Gasteiger partial charge >= 0.3 is 0 Å². The quantitative estimate of drug-likeness (QED) is 0.626. The van der Waals surface area contributed by atoms with Crippen LogP contribution in [0.2, 0.25) is 0 Å². The maximum Gasteiger partial charge on any atom is 0.246 e. The largest absolute Gasteiger partial charge is 0.352 e. The van der Waals surface area contributed by atoms with E-state index in [0.717, 1.165) is 23.7 Å². The molecule has 6 nitrogen and oxygen atoms in total. The van der Waals surface area contributed by atoms with Gasteiger partial charge in [0.1, 0.15) is 10.7 Å². The Labute approximate surface area is 176 Å². The van der Waals surface area contributed by atoms with E-state index in [2.05, 4.69) is 29.3 Å². The van der Waals surface area contributed by atoms with E-state index < -0.39 is 15.8 Å². The number of benzene rings is 2. The zero-order valence-electron chi connectivity index (χ0n) is 16.7. The fraction of sp³-hybridized carbons (Fsp3) is 0.273. The number of halogens is 1. The predicted octanol–water partition coefficient (Wildman–Crippen LogP) is 3.36. The highest BCUT2D eigenvalue weighted by atomic mass is 32.2. The molecule has 1 aliphatic heterocycles. The standard InChI is InChI=1S/C22H23FN4O2S/c1-2-17-7-9-18(10-8-17)20-11-12-22(25-24-20)26-13-15-27(16-14-26)30(28,29)21-6-4-3-5-19(21)23/h3-12H,2,13-16H2,1H3. The van der Waals surface area contributed by atoms with E-state index in [1.165, 1.54) is 28.1 Å². The molecule has 2 aromatic carbocycles. The lowest BCUT2D eigenvalue weighted by atomic mass is 10.1. The molecule has 0 aliphatic carbocycles. The third kappa shape index (κ3) is 4.06. The Morgan fingerprint density at radius 1 is 0.900 bits per heavy atom. The van der Waals surface area contributed by atoms with Gasteiger partial charge in [-0.25, -0.2) is 12.8 Å². The minimum absolute atomic E-state index is 0.262. The van der Waals surface area contributed by atoms with Crippen LogP contribution in [0.4, 0.5) is 10.2 Å². The Morgan fingerprint density at radius 3 is 2.20 bits per heavy atom. The van der Waals surface area contributed by atoms with Gasteiger partial charge in [-0.05, 0) is 36.2 Å². The maximum atomic E-state index is 14.0. The third-order valence-corrected chi connectivity index (χ3v) is 7.26. The number of nitrogens with zero attached hydrogens (tertiary/aromatic N) is 4. The molecule has 30 heavy (non-hydrogen) atoms. The molecule has 0 spiro atoms. The van der Waals surface area contributed by atoms with Gasteiger partial charge in [-0.3, -0.25) is 0 Å². The maximum absolute atomic E-state index is 14.0. The molecule has 3 aromatic rings. The fourth-order valence-electron chi connectivity index (χ4n) is 3.51. The van der Waals surface area contributed by atoms with Crippen LogP contribution in [0.3, 0.4) is 0 Å². The van der Waals surface area contributed by atoms with Gasteiger partial charge in [0.05, 0.1) is 5.69 Å². The first-order valence-electron chi connectivity index (χ1n) is 9.91. The number of piperazine rings is 1. The summed E-state index contributed by atoms with van der Waals surface area (Å²) >= 11 is 0. The van der Waals surface area contributed by atoms with Gasteiger partial charge in [-0.15, -0.1) is 10.2 Å². The van der Waals surface area contributed by atoms with Gasteiger partial charge in [-0.1, -0.05) is 43.3 Å². The molecule has 8 heteroatoms. The van der Waals surface area contributed by atoms with Crippen molar-refractivity contribution < 1.29 is 12.8 Å². The molecule has 0 atom stereocenters. The molecule has 156 valence electrons. The van der Waals surface area contributed by atoms with Crippen LogP contribution in [0.15, 0.2) is 65.6 Å². The molecule has 1 saturated heterocycles. The number of hydrogen-bond acceptors (Lipinski definition) is 5. The highest BCUT2D eigenvalue weighted by molar-refractivity contribution is 7.89. The van der Waals surface area contributed by atoms with Crippen LogP contribution in [-0.2, 0) is 16.4 Å². The first-order chi connectivity index (χ1) is 14.5. The summed E-state index contributed by atoms with van der Waals surface area (Å²) in [6.45, 7) is 3.57. The second kappa shape index (κ2) is 8.49. The van der Waals surface area contributed by atoms with E-state index in [4.69, 9.17) is 0 Å². The van der Waals surface area contributed by atoms with Crippen LogP contribution in [0.1, 0.15) is 12.5 Å². The molecule has 0 saturated carbocycles. The topological polar surface area (TPSA) is 66.4 Å². The second-order valence-corrected chi connectivity index (χ2v) is 9.06. The van der Waals surface area contributed by atoms with Gasteiger partial charge < -0.3 is 4.90 Å². The van der Waals surface area contributed by atoms with Crippen molar-refractivity contribution in [3.05, 3.63) is 72.0 Å². The lowest BCUT2D eigenvalue weighted by Crippen LogP contribution is -2.49. The highest BCUT2D eigenvalue weighted by Crippen LogP contribution is 2.23. The van der Waals surface area contributed by atoms with Crippen molar-refractivity contribution in [2.75, 3.05) is 31.1 Å². The molecule has 0 N–H and O–H groups in total. The molecule has 2 heterocycles. The summed E-state index contributed by atoms with van der Waals surface area (Å²) in [5.74, 6) is -0.0276. The zero-order chi connectivity index (χ0) is 21.1. The van der Waals surface area contributed by atoms with Crippen molar-refractivity contribution in [3.63, 3.8) is 0 Å². The van der Waals surface area contributed by atoms with E-state index in [1.807, 2.05) is 29.2 Å². The normalized spacial score (nSPS) is 15.3. The van der Waals surface area contributed by atoms with E-state index in [9.17, 15) is 12.8 Å². The Balaban J connectivity index is 1.43. The average molecular weight is 427 g/mol. The average Bonchev–Trinajstić information content (AvgIpc) is 2.79. The molecule has 4 rings (SSSR count). The van der Waals surface area contributed by atoms with Crippen molar-refractivity contribution in [2.24, 2.45) is 0 Å². The lowest BCUT2D eigenvalue weighted by molar-refractivity contribution is 0.381. The van der Waals surface area contributed by atoms with E-state index in [-0.39, 0.29) is 18.0 Å². The van der Waals surface area contributed by atoms with E-state index in [1.54, 1.807) is 0 Å². The van der Waals surface area contributed by atoms with Gasteiger partial charge in [0, 0.05) is 31.7 Å². The highest BCUT2D eigenvalue weighted by Gasteiger charge is 2.30. The monoisotopic (exact) mass is 426 g/mol. The lowest BCUT2D eigenvalue weighted by Gasteiger charge is -2.34. The molecule has 1 aliphatic rings. The van der Waals surface area contributed by atoms with E-state index in [0.29, 0.717) is 18.9 Å². The number of anilines is 1. The molecule has 0 unspecified atom stereocenters. The summed E-state index contributed by atoms with van der Waals surface area (Å²) in [5, 5.41) is 8.66. The Hall–Kier alpha value is -2.84. The van der Waals surface area contributed by atoms with Crippen molar-refractivity contribution in [1.82, 2.24) is 14.5 Å². The summed E-state index contributed by atoms with van der Waals surface area (Å²) in [5.41, 5.74) is 3.07. The molecule has 0 bridgehead atoms. The van der Waals surface area contributed by atoms with E-state index >= 15 is 0 Å². The Kier molecular flexibility index (Phi) is 5.78.